The summed E-state index contributed by atoms with van der Waals surface area (Å²) in [5, 5.41) is 19.5. The number of amides is 4. The number of carbonyl (C=O) groups excluding carboxylic acids is 5. The summed E-state index contributed by atoms with van der Waals surface area (Å²) in [6.07, 6.45) is -0.818. The van der Waals surface area contributed by atoms with E-state index in [9.17, 15) is 33.9 Å². The highest BCUT2D eigenvalue weighted by molar-refractivity contribution is 5.91. The zero-order valence-electron chi connectivity index (χ0n) is 35.1. The molecule has 15 nitrogen and oxygen atoms in total. The molecule has 0 saturated heterocycles. The Morgan fingerprint density at radius 2 is 0.887 bits per heavy atom. The first-order chi connectivity index (χ1) is 30.0. The number of benzene rings is 4. The number of aliphatic carboxylic acids is 1. The number of nitrogens with one attached hydrogen (secondary N) is 4. The van der Waals surface area contributed by atoms with Crippen LogP contribution in [0.2, 0.25) is 0 Å². The van der Waals surface area contributed by atoms with Crippen molar-refractivity contribution in [2.45, 2.75) is 56.5 Å². The van der Waals surface area contributed by atoms with E-state index >= 15 is 0 Å². The number of fused-ring (bicyclic) bond motifs is 6. The van der Waals surface area contributed by atoms with Crippen LogP contribution in [-0.4, -0.2) is 107 Å². The number of ether oxygens (including phenoxy) is 4. The number of hydrogen-bond acceptors (Lipinski definition) is 10. The minimum Gasteiger partial charge on any atom is -0.480 e. The molecule has 0 saturated carbocycles. The van der Waals surface area contributed by atoms with Gasteiger partial charge in [0.2, 0.25) is 11.8 Å². The lowest BCUT2D eigenvalue weighted by Gasteiger charge is -2.18. The fourth-order valence-corrected chi connectivity index (χ4v) is 7.46. The Balaban J connectivity index is 0.000000234. The number of rotatable bonds is 20. The molecular formula is C47H54N4O11. The van der Waals surface area contributed by atoms with Gasteiger partial charge in [0.1, 0.15) is 19.3 Å². The Morgan fingerprint density at radius 3 is 1.23 bits per heavy atom. The fourth-order valence-electron chi connectivity index (χ4n) is 7.46. The van der Waals surface area contributed by atoms with Crippen molar-refractivity contribution in [1.29, 1.82) is 0 Å². The normalized spacial score (nSPS) is 13.1. The van der Waals surface area contributed by atoms with Crippen LogP contribution < -0.4 is 21.3 Å². The molecule has 0 bridgehead atoms. The molecule has 2 unspecified atom stereocenters. The molecule has 0 aliphatic heterocycles. The van der Waals surface area contributed by atoms with Crippen LogP contribution in [0.1, 0.15) is 66.7 Å². The van der Waals surface area contributed by atoms with Gasteiger partial charge in [-0.05, 0) is 64.3 Å². The van der Waals surface area contributed by atoms with Crippen LogP contribution in [-0.2, 0) is 38.1 Å². The standard InChI is InChI=1S/C24H28N2O5.C23H26N2O6/c1-16(27)22(14-23(28)25-12-7-13-30-2)26-24(29)31-15-21-19-10-5-3-8-17(19)18-9-4-6-11-20(18)21;1-30-12-6-11-24-21(26)13-20(22(27)28)25-23(29)31-14-19-17-9-4-2-7-15(17)16-8-3-5-10-18(16)19/h3-6,8-11,21-22H,7,12-15H2,1-2H3,(H,25,28)(H,26,29);2-5,7-10,19-20H,6,11-14H2,1H3,(H,24,26)(H,25,29)(H,27,28). The summed E-state index contributed by atoms with van der Waals surface area (Å²) in [7, 11) is 3.15. The Kier molecular flexibility index (Phi) is 17.6. The first kappa shape index (κ1) is 46.5. The van der Waals surface area contributed by atoms with Gasteiger partial charge in [-0.1, -0.05) is 97.1 Å². The number of hydrogen-bond donors (Lipinski definition) is 5. The van der Waals surface area contributed by atoms with Crippen molar-refractivity contribution in [1.82, 2.24) is 21.3 Å². The predicted octanol–water partition coefficient (Wildman–Crippen LogP) is 5.55. The molecule has 62 heavy (non-hydrogen) atoms. The van der Waals surface area contributed by atoms with Gasteiger partial charge in [0.05, 0.1) is 18.9 Å². The number of ketones is 1. The van der Waals surface area contributed by atoms with E-state index in [1.165, 1.54) is 6.92 Å². The van der Waals surface area contributed by atoms with Crippen LogP contribution in [0.3, 0.4) is 0 Å². The molecule has 2 atom stereocenters. The van der Waals surface area contributed by atoms with Gasteiger partial charge in [0.15, 0.2) is 5.78 Å². The lowest BCUT2D eigenvalue weighted by molar-refractivity contribution is -0.141. The van der Waals surface area contributed by atoms with Gasteiger partial charge in [0.25, 0.3) is 0 Å². The zero-order valence-corrected chi connectivity index (χ0v) is 35.1. The van der Waals surface area contributed by atoms with Crippen LogP contribution in [0.25, 0.3) is 22.3 Å². The van der Waals surface area contributed by atoms with Gasteiger partial charge >= 0.3 is 18.2 Å². The monoisotopic (exact) mass is 850 g/mol. The summed E-state index contributed by atoms with van der Waals surface area (Å²) in [6, 6.07) is 29.6. The SMILES string of the molecule is COCCCNC(=O)CC(NC(=O)OCC1c2ccccc2-c2ccccc21)C(=O)O.COCCCNC(=O)CC(NC(=O)OCC1c2ccccc2-c2ccccc21)C(C)=O. The van der Waals surface area contributed by atoms with E-state index in [2.05, 4.69) is 33.4 Å². The molecule has 4 aromatic rings. The molecule has 15 heteroatoms. The van der Waals surface area contributed by atoms with Crippen molar-refractivity contribution in [2.75, 3.05) is 53.7 Å². The van der Waals surface area contributed by atoms with Crippen molar-refractivity contribution in [2.24, 2.45) is 0 Å². The lowest BCUT2D eigenvalue weighted by Crippen LogP contribution is -2.44. The largest absolute Gasteiger partial charge is 0.480 e. The quantitative estimate of drug-likeness (QED) is 0.0698. The Labute approximate surface area is 360 Å². The number of carbonyl (C=O) groups is 6. The third-order valence-electron chi connectivity index (χ3n) is 10.5. The van der Waals surface area contributed by atoms with Crippen LogP contribution in [0.15, 0.2) is 97.1 Å². The van der Waals surface area contributed by atoms with Crippen molar-refractivity contribution < 1.29 is 52.8 Å². The molecule has 0 fully saturated rings. The van der Waals surface area contributed by atoms with E-state index in [0.717, 1.165) is 44.5 Å². The van der Waals surface area contributed by atoms with Crippen LogP contribution in [0, 0.1) is 0 Å². The minimum absolute atomic E-state index is 0.0649. The molecule has 4 amide bonds. The molecule has 2 aliphatic rings. The Bertz CT molecular complexity index is 1950. The van der Waals surface area contributed by atoms with Crippen molar-refractivity contribution >= 4 is 35.8 Å². The van der Waals surface area contributed by atoms with Crippen LogP contribution in [0.5, 0.6) is 0 Å². The highest BCUT2D eigenvalue weighted by Gasteiger charge is 2.32. The van der Waals surface area contributed by atoms with Crippen molar-refractivity contribution in [3.63, 3.8) is 0 Å². The van der Waals surface area contributed by atoms with E-state index < -0.39 is 36.1 Å². The molecule has 5 N–H and O–H groups in total. The van der Waals surface area contributed by atoms with E-state index in [-0.39, 0.29) is 49.6 Å². The number of carboxylic acids is 1. The molecule has 0 radical (unpaired) electrons. The molecule has 2 aliphatic carbocycles. The first-order valence-electron chi connectivity index (χ1n) is 20.5. The van der Waals surface area contributed by atoms with Crippen LogP contribution in [0.4, 0.5) is 9.59 Å². The molecule has 328 valence electrons. The molecule has 0 aromatic heterocycles. The summed E-state index contributed by atoms with van der Waals surface area (Å²) in [5.74, 6) is -2.60. The van der Waals surface area contributed by atoms with E-state index in [4.69, 9.17) is 18.9 Å². The summed E-state index contributed by atoms with van der Waals surface area (Å²) < 4.78 is 20.6. The second-order valence-electron chi connectivity index (χ2n) is 14.8. The third kappa shape index (κ3) is 12.7. The van der Waals surface area contributed by atoms with Crippen molar-refractivity contribution in [3.05, 3.63) is 119 Å². The summed E-state index contributed by atoms with van der Waals surface area (Å²) in [4.78, 5) is 72.0. The van der Waals surface area contributed by atoms with Crippen LogP contribution >= 0.6 is 0 Å². The van der Waals surface area contributed by atoms with Gasteiger partial charge < -0.3 is 45.3 Å². The average molecular weight is 851 g/mol. The fraction of sp³-hybridized carbons (Fsp3) is 0.362. The second kappa shape index (κ2) is 23.4. The smallest absolute Gasteiger partial charge is 0.407 e. The van der Waals surface area contributed by atoms with Gasteiger partial charge in [-0.25, -0.2) is 14.4 Å². The number of methoxy groups -OCH3 is 2. The summed E-state index contributed by atoms with van der Waals surface area (Å²) >= 11 is 0. The molecular weight excluding hydrogens is 797 g/mol. The predicted molar refractivity (Wildman–Crippen MR) is 231 cm³/mol. The maximum Gasteiger partial charge on any atom is 0.407 e. The first-order valence-corrected chi connectivity index (χ1v) is 20.5. The van der Waals surface area contributed by atoms with Gasteiger partial charge in [0, 0.05) is 52.4 Å². The molecule has 0 spiro atoms. The van der Waals surface area contributed by atoms with Gasteiger partial charge in [-0.15, -0.1) is 0 Å². The van der Waals surface area contributed by atoms with Gasteiger partial charge in [-0.3, -0.25) is 14.4 Å². The highest BCUT2D eigenvalue weighted by Crippen LogP contribution is 2.45. The summed E-state index contributed by atoms with van der Waals surface area (Å²) in [5.41, 5.74) is 8.80. The second-order valence-corrected chi connectivity index (χ2v) is 14.8. The highest BCUT2D eigenvalue weighted by atomic mass is 16.6. The maximum atomic E-state index is 12.4. The third-order valence-corrected chi connectivity index (χ3v) is 10.5. The average Bonchev–Trinajstić information content (AvgIpc) is 3.77. The molecule has 4 aromatic carbocycles. The van der Waals surface area contributed by atoms with Crippen molar-refractivity contribution in [3.8, 4) is 22.3 Å². The number of carboxylic acid groups (broad SMARTS) is 1. The maximum absolute atomic E-state index is 12.4. The molecule has 6 rings (SSSR count). The van der Waals surface area contributed by atoms with E-state index in [1.54, 1.807) is 14.2 Å². The Morgan fingerprint density at radius 1 is 0.548 bits per heavy atom. The topological polar surface area (TPSA) is 208 Å². The number of Topliss-reactive ketones (excluding diaryl/α,β-unsaturated/α-hetero) is 1. The van der Waals surface area contributed by atoms with Gasteiger partial charge in [-0.2, -0.15) is 0 Å². The zero-order chi connectivity index (χ0) is 44.4. The lowest BCUT2D eigenvalue weighted by atomic mass is 9.98. The Hall–Kier alpha value is -6.58. The molecule has 0 heterocycles. The number of alkyl carbamates (subject to hydrolysis) is 2. The van der Waals surface area contributed by atoms with E-state index in [0.29, 0.717) is 39.1 Å². The summed E-state index contributed by atoms with van der Waals surface area (Å²) in [6.45, 7) is 3.39. The minimum atomic E-state index is -1.38. The van der Waals surface area contributed by atoms with E-state index in [1.807, 2.05) is 84.9 Å².